The number of anilines is 1. The van der Waals surface area contributed by atoms with Crippen molar-refractivity contribution in [2.75, 3.05) is 26.6 Å². The van der Waals surface area contributed by atoms with E-state index in [4.69, 9.17) is 21.5 Å². The van der Waals surface area contributed by atoms with Crippen LogP contribution in [0.3, 0.4) is 0 Å². The van der Waals surface area contributed by atoms with Gasteiger partial charge in [0.1, 0.15) is 17.5 Å². The van der Waals surface area contributed by atoms with Crippen molar-refractivity contribution in [3.8, 4) is 10.4 Å². The van der Waals surface area contributed by atoms with Gasteiger partial charge in [0.2, 0.25) is 0 Å². The molecule has 30 heavy (non-hydrogen) atoms. The Morgan fingerprint density at radius 1 is 1.13 bits per heavy atom. The van der Waals surface area contributed by atoms with Crippen molar-refractivity contribution in [1.82, 2.24) is 0 Å². The second-order valence-electron chi connectivity index (χ2n) is 5.62. The predicted molar refractivity (Wildman–Crippen MR) is 122 cm³/mol. The molecule has 0 saturated carbocycles. The first kappa shape index (κ1) is 27.3. The van der Waals surface area contributed by atoms with Gasteiger partial charge in [-0.25, -0.2) is 9.18 Å². The molecule has 162 valence electrons. The monoisotopic (exact) mass is 453 g/mol. The fraction of sp³-hybridized carbons (Fsp3) is 0.182. The molecule has 1 heterocycles. The number of hydrogen-bond acceptors (Lipinski definition) is 5. The molecular formula is C22H25ClFNO4S. The summed E-state index contributed by atoms with van der Waals surface area (Å²) in [5.74, 6) is -1.08. The van der Waals surface area contributed by atoms with Crippen molar-refractivity contribution in [1.29, 1.82) is 0 Å². The number of thiophene rings is 1. The number of carboxylic acid groups (broad SMARTS) is 1. The molecule has 5 nitrogen and oxygen atoms in total. The minimum atomic E-state index is -0.917. The average Bonchev–Trinajstić information content (AvgIpc) is 3.16. The maximum atomic E-state index is 12.2. The molecule has 0 amide bonds. The fourth-order valence-corrected chi connectivity index (χ4v) is 3.23. The Hall–Kier alpha value is -2.74. The van der Waals surface area contributed by atoms with Crippen LogP contribution in [0.1, 0.15) is 15.2 Å². The van der Waals surface area contributed by atoms with E-state index < -0.39 is 5.97 Å². The number of aryl methyl sites for hydroxylation is 1. The smallest absolute Gasteiger partial charge is 0.348 e. The molecule has 8 heteroatoms. The van der Waals surface area contributed by atoms with Crippen molar-refractivity contribution < 1.29 is 23.8 Å². The highest BCUT2D eigenvalue weighted by Crippen LogP contribution is 2.35. The van der Waals surface area contributed by atoms with E-state index in [1.165, 1.54) is 23.5 Å². The van der Waals surface area contributed by atoms with Gasteiger partial charge in [-0.15, -0.1) is 11.3 Å². The summed E-state index contributed by atoms with van der Waals surface area (Å²) in [5.41, 5.74) is 2.56. The minimum absolute atomic E-state index is 0.162. The number of benzene rings is 2. The van der Waals surface area contributed by atoms with Gasteiger partial charge in [0, 0.05) is 31.2 Å². The number of halogens is 2. The topological polar surface area (TPSA) is 75.6 Å². The van der Waals surface area contributed by atoms with E-state index in [9.17, 15) is 9.18 Å². The van der Waals surface area contributed by atoms with Crippen LogP contribution in [0.2, 0.25) is 5.02 Å². The third-order valence-electron chi connectivity index (χ3n) is 3.30. The van der Waals surface area contributed by atoms with Gasteiger partial charge in [-0.3, -0.25) is 0 Å². The van der Waals surface area contributed by atoms with Gasteiger partial charge in [-0.2, -0.15) is 0 Å². The quantitative estimate of drug-likeness (QED) is 0.507. The number of carbonyl (C=O) groups excluding carboxylic acids is 1. The maximum Gasteiger partial charge on any atom is 0.348 e. The van der Waals surface area contributed by atoms with Gasteiger partial charge >= 0.3 is 5.97 Å². The highest BCUT2D eigenvalue weighted by atomic mass is 35.5. The largest absolute Gasteiger partial charge is 0.477 e. The molecule has 0 radical (unpaired) electrons. The number of rotatable bonds is 3. The Labute approximate surface area is 185 Å². The van der Waals surface area contributed by atoms with Crippen molar-refractivity contribution in [3.05, 3.63) is 75.9 Å². The van der Waals surface area contributed by atoms with E-state index in [0.717, 1.165) is 16.0 Å². The predicted octanol–water partition coefficient (Wildman–Crippen LogP) is 6.02. The van der Waals surface area contributed by atoms with E-state index in [1.54, 1.807) is 39.5 Å². The summed E-state index contributed by atoms with van der Waals surface area (Å²) >= 11 is 7.06. The van der Waals surface area contributed by atoms with Crippen LogP contribution in [0, 0.1) is 12.7 Å². The molecule has 2 N–H and O–H groups in total. The summed E-state index contributed by atoms with van der Waals surface area (Å²) in [6.45, 7) is 3.86. The molecule has 0 aliphatic carbocycles. The van der Waals surface area contributed by atoms with E-state index in [2.05, 4.69) is 10.1 Å². The zero-order chi connectivity index (χ0) is 23.1. The summed E-state index contributed by atoms with van der Waals surface area (Å²) in [7, 11) is 4.96. The van der Waals surface area contributed by atoms with Crippen LogP contribution < -0.4 is 5.32 Å². The van der Waals surface area contributed by atoms with Crippen molar-refractivity contribution >= 4 is 41.4 Å². The SMILES string of the molecule is C=O.CNc1cc(-c2ccc(Cl)cc2)sc1C(=O)O.COC.Cc1cccc(F)c1. The molecule has 1 aromatic heterocycles. The molecule has 0 bridgehead atoms. The molecular weight excluding hydrogens is 429 g/mol. The third-order valence-corrected chi connectivity index (χ3v) is 4.73. The molecule has 0 aliphatic heterocycles. The second-order valence-corrected chi connectivity index (χ2v) is 7.11. The Kier molecular flexibility index (Phi) is 13.8. The Morgan fingerprint density at radius 3 is 2.07 bits per heavy atom. The highest BCUT2D eigenvalue weighted by molar-refractivity contribution is 7.18. The normalized spacial score (nSPS) is 9.00. The molecule has 0 atom stereocenters. The summed E-state index contributed by atoms with van der Waals surface area (Å²) in [6.07, 6.45) is 0. The number of carboxylic acids is 1. The molecule has 0 spiro atoms. The zero-order valence-corrected chi connectivity index (χ0v) is 18.8. The number of hydrogen-bond donors (Lipinski definition) is 2. The minimum Gasteiger partial charge on any atom is -0.477 e. The van der Waals surface area contributed by atoms with Crippen LogP contribution in [-0.2, 0) is 9.53 Å². The summed E-state index contributed by atoms with van der Waals surface area (Å²) in [5, 5.41) is 12.6. The zero-order valence-electron chi connectivity index (χ0n) is 17.2. The van der Waals surface area contributed by atoms with E-state index in [1.807, 2.05) is 38.0 Å². The Morgan fingerprint density at radius 2 is 1.70 bits per heavy atom. The van der Waals surface area contributed by atoms with Gasteiger partial charge < -0.3 is 20.0 Å². The number of ether oxygens (including phenoxy) is 1. The van der Waals surface area contributed by atoms with Crippen molar-refractivity contribution in [3.63, 3.8) is 0 Å². The van der Waals surface area contributed by atoms with Gasteiger partial charge in [0.15, 0.2) is 0 Å². The standard InChI is InChI=1S/C12H10ClNO2S.C7H7F.C2H6O.CH2O/c1-14-9-6-10(17-11(9)12(15)16)7-2-4-8(13)5-3-7;1-6-3-2-4-7(8)5-6;1-3-2;1-2/h2-6,14H,1H3,(H,15,16);2-5H,1H3;1-2H3;1H2. The highest BCUT2D eigenvalue weighted by Gasteiger charge is 2.15. The Bertz CT molecular complexity index is 883. The lowest BCUT2D eigenvalue weighted by molar-refractivity contribution is -0.0980. The van der Waals surface area contributed by atoms with Crippen LogP contribution in [-0.4, -0.2) is 39.1 Å². The number of methoxy groups -OCH3 is 1. The summed E-state index contributed by atoms with van der Waals surface area (Å²) in [6, 6.07) is 15.7. The lowest BCUT2D eigenvalue weighted by Gasteiger charge is -1.96. The van der Waals surface area contributed by atoms with Crippen molar-refractivity contribution in [2.24, 2.45) is 0 Å². The van der Waals surface area contributed by atoms with Gasteiger partial charge in [0.25, 0.3) is 0 Å². The number of nitrogens with one attached hydrogen (secondary N) is 1. The number of carbonyl (C=O) groups is 2. The number of aromatic carboxylic acids is 1. The molecule has 3 rings (SSSR count). The molecule has 3 aromatic rings. The third kappa shape index (κ3) is 9.65. The van der Waals surface area contributed by atoms with Gasteiger partial charge in [-0.1, -0.05) is 35.9 Å². The van der Waals surface area contributed by atoms with Crippen LogP contribution in [0.4, 0.5) is 10.1 Å². The van der Waals surface area contributed by atoms with Crippen LogP contribution in [0.25, 0.3) is 10.4 Å². The lowest BCUT2D eigenvalue weighted by Crippen LogP contribution is -1.97. The molecule has 0 saturated heterocycles. The summed E-state index contributed by atoms with van der Waals surface area (Å²) < 4.78 is 16.4. The van der Waals surface area contributed by atoms with Gasteiger partial charge in [-0.05, 0) is 48.4 Å². The fourth-order valence-electron chi connectivity index (χ4n) is 2.10. The van der Waals surface area contributed by atoms with Crippen LogP contribution in [0.15, 0.2) is 54.6 Å². The van der Waals surface area contributed by atoms with E-state index >= 15 is 0 Å². The molecule has 0 unspecified atom stereocenters. The first-order chi connectivity index (χ1) is 14.3. The first-order valence-electron chi connectivity index (χ1n) is 8.54. The maximum absolute atomic E-state index is 12.2. The van der Waals surface area contributed by atoms with E-state index in [-0.39, 0.29) is 5.82 Å². The van der Waals surface area contributed by atoms with Crippen LogP contribution >= 0.6 is 22.9 Å². The van der Waals surface area contributed by atoms with Crippen LogP contribution in [0.5, 0.6) is 0 Å². The molecule has 0 fully saturated rings. The average molecular weight is 454 g/mol. The molecule has 2 aromatic carbocycles. The lowest BCUT2D eigenvalue weighted by atomic mass is 10.2. The molecule has 0 aliphatic rings. The first-order valence-corrected chi connectivity index (χ1v) is 9.73. The van der Waals surface area contributed by atoms with E-state index in [0.29, 0.717) is 15.6 Å². The van der Waals surface area contributed by atoms with Crippen molar-refractivity contribution in [2.45, 2.75) is 6.92 Å². The summed E-state index contributed by atoms with van der Waals surface area (Å²) in [4.78, 5) is 20.3. The Balaban J connectivity index is 0.000000539. The van der Waals surface area contributed by atoms with Gasteiger partial charge in [0.05, 0.1) is 5.69 Å². The second kappa shape index (κ2) is 15.1.